The standard InChI is InChI=1S/C18H20N2O4S/c21-20(22)16-10-4-5-11-17(16)25(23,24)19-14-18(12-6-7-13-18)15-8-2-1-3-9-15/h1-5,8-11,19H,6-7,12-14H2. The van der Waals surface area contributed by atoms with Gasteiger partial charge >= 0.3 is 0 Å². The predicted molar refractivity (Wildman–Crippen MR) is 94.9 cm³/mol. The fourth-order valence-corrected chi connectivity index (χ4v) is 4.85. The highest BCUT2D eigenvalue weighted by Gasteiger charge is 2.37. The number of hydrogen-bond acceptors (Lipinski definition) is 4. The quantitative estimate of drug-likeness (QED) is 0.632. The number of nitrogens with one attached hydrogen (secondary N) is 1. The molecule has 0 spiro atoms. The Hall–Kier alpha value is -2.25. The highest BCUT2D eigenvalue weighted by Crippen LogP contribution is 2.40. The Balaban J connectivity index is 1.88. The largest absolute Gasteiger partial charge is 0.289 e. The van der Waals surface area contributed by atoms with Crippen LogP contribution in [0.15, 0.2) is 59.5 Å². The summed E-state index contributed by atoms with van der Waals surface area (Å²) in [6.07, 6.45) is 3.89. The van der Waals surface area contributed by atoms with Gasteiger partial charge in [-0.1, -0.05) is 55.3 Å². The normalized spacial score (nSPS) is 16.6. The van der Waals surface area contributed by atoms with Gasteiger partial charge in [0.05, 0.1) is 4.92 Å². The summed E-state index contributed by atoms with van der Waals surface area (Å²) in [5, 5.41) is 11.1. The van der Waals surface area contributed by atoms with Gasteiger partial charge in [-0.25, -0.2) is 13.1 Å². The lowest BCUT2D eigenvalue weighted by atomic mass is 9.79. The number of hydrogen-bond donors (Lipinski definition) is 1. The van der Waals surface area contributed by atoms with Gasteiger partial charge in [0, 0.05) is 18.0 Å². The highest BCUT2D eigenvalue weighted by atomic mass is 32.2. The molecule has 1 saturated carbocycles. The van der Waals surface area contributed by atoms with Crippen molar-refractivity contribution in [3.05, 3.63) is 70.3 Å². The van der Waals surface area contributed by atoms with E-state index < -0.39 is 20.6 Å². The van der Waals surface area contributed by atoms with Gasteiger partial charge in [-0.2, -0.15) is 0 Å². The second-order valence-electron chi connectivity index (χ2n) is 6.40. The molecule has 0 atom stereocenters. The fourth-order valence-electron chi connectivity index (χ4n) is 3.56. The minimum atomic E-state index is -3.96. The van der Waals surface area contributed by atoms with E-state index in [1.165, 1.54) is 24.3 Å². The third-order valence-corrected chi connectivity index (χ3v) is 6.35. The average Bonchev–Trinajstić information content (AvgIpc) is 3.11. The minimum absolute atomic E-state index is 0.241. The SMILES string of the molecule is O=[N+]([O-])c1ccccc1S(=O)(=O)NCC1(c2ccccc2)CCCC1. The van der Waals surface area contributed by atoms with Crippen molar-refractivity contribution in [1.82, 2.24) is 4.72 Å². The topological polar surface area (TPSA) is 89.3 Å². The lowest BCUT2D eigenvalue weighted by Crippen LogP contribution is -2.39. The fraction of sp³-hybridized carbons (Fsp3) is 0.333. The van der Waals surface area contributed by atoms with E-state index in [4.69, 9.17) is 0 Å². The van der Waals surface area contributed by atoms with Gasteiger partial charge in [0.2, 0.25) is 10.0 Å². The molecule has 0 saturated heterocycles. The molecule has 0 aliphatic heterocycles. The molecule has 2 aromatic carbocycles. The summed E-state index contributed by atoms with van der Waals surface area (Å²) in [6.45, 7) is 0.241. The maximum Gasteiger partial charge on any atom is 0.289 e. The predicted octanol–water partition coefficient (Wildman–Crippen LogP) is 3.39. The van der Waals surface area contributed by atoms with Crippen LogP contribution in [0.3, 0.4) is 0 Å². The van der Waals surface area contributed by atoms with E-state index >= 15 is 0 Å². The van der Waals surface area contributed by atoms with Crippen molar-refractivity contribution < 1.29 is 13.3 Å². The molecule has 0 bridgehead atoms. The molecule has 1 fully saturated rings. The highest BCUT2D eigenvalue weighted by molar-refractivity contribution is 7.89. The Kier molecular flexibility index (Phi) is 4.87. The molecule has 0 aromatic heterocycles. The van der Waals surface area contributed by atoms with E-state index in [0.717, 1.165) is 31.2 Å². The number of benzene rings is 2. The van der Waals surface area contributed by atoms with Crippen LogP contribution in [0.2, 0.25) is 0 Å². The zero-order valence-corrected chi connectivity index (χ0v) is 14.5. The van der Waals surface area contributed by atoms with Crippen LogP contribution in [0.4, 0.5) is 5.69 Å². The van der Waals surface area contributed by atoms with Gasteiger partial charge in [-0.3, -0.25) is 10.1 Å². The number of sulfonamides is 1. The molecule has 0 heterocycles. The first-order valence-corrected chi connectivity index (χ1v) is 9.72. The molecular formula is C18H20N2O4S. The third kappa shape index (κ3) is 3.57. The van der Waals surface area contributed by atoms with Gasteiger partial charge in [-0.15, -0.1) is 0 Å². The van der Waals surface area contributed by atoms with Gasteiger partial charge in [0.25, 0.3) is 5.69 Å². The molecular weight excluding hydrogens is 340 g/mol. The van der Waals surface area contributed by atoms with Gasteiger partial charge < -0.3 is 0 Å². The van der Waals surface area contributed by atoms with E-state index in [1.807, 2.05) is 30.3 Å². The summed E-state index contributed by atoms with van der Waals surface area (Å²) >= 11 is 0. The van der Waals surface area contributed by atoms with Crippen LogP contribution in [-0.2, 0) is 15.4 Å². The van der Waals surface area contributed by atoms with Crippen molar-refractivity contribution in [2.75, 3.05) is 6.54 Å². The van der Waals surface area contributed by atoms with Gasteiger partial charge in [-0.05, 0) is 24.5 Å². The molecule has 3 rings (SSSR count). The first-order chi connectivity index (χ1) is 11.9. The van der Waals surface area contributed by atoms with E-state index in [0.29, 0.717) is 0 Å². The monoisotopic (exact) mass is 360 g/mol. The van der Waals surface area contributed by atoms with Crippen LogP contribution in [0, 0.1) is 10.1 Å². The van der Waals surface area contributed by atoms with E-state index in [9.17, 15) is 18.5 Å². The van der Waals surface area contributed by atoms with Crippen molar-refractivity contribution in [2.45, 2.75) is 36.0 Å². The van der Waals surface area contributed by atoms with Crippen molar-refractivity contribution in [2.24, 2.45) is 0 Å². The van der Waals surface area contributed by atoms with Crippen molar-refractivity contribution in [3.8, 4) is 0 Å². The summed E-state index contributed by atoms with van der Waals surface area (Å²) in [5.41, 5.74) is 0.450. The second kappa shape index (κ2) is 6.93. The zero-order chi connectivity index (χ0) is 17.9. The second-order valence-corrected chi connectivity index (χ2v) is 8.14. The van der Waals surface area contributed by atoms with Crippen molar-refractivity contribution in [3.63, 3.8) is 0 Å². The van der Waals surface area contributed by atoms with Crippen LogP contribution >= 0.6 is 0 Å². The third-order valence-electron chi connectivity index (χ3n) is 4.90. The molecule has 0 unspecified atom stereocenters. The van der Waals surface area contributed by atoms with E-state index in [1.54, 1.807) is 0 Å². The number of nitro groups is 1. The summed E-state index contributed by atoms with van der Waals surface area (Å²) in [6, 6.07) is 15.3. The first kappa shape index (κ1) is 17.6. The number of nitrogens with zero attached hydrogens (tertiary/aromatic N) is 1. The molecule has 0 amide bonds. The van der Waals surface area contributed by atoms with Crippen molar-refractivity contribution in [1.29, 1.82) is 0 Å². The lowest BCUT2D eigenvalue weighted by molar-refractivity contribution is -0.387. The molecule has 25 heavy (non-hydrogen) atoms. The molecule has 0 radical (unpaired) electrons. The summed E-state index contributed by atoms with van der Waals surface area (Å²) in [4.78, 5) is 10.2. The van der Waals surface area contributed by atoms with Crippen LogP contribution in [-0.4, -0.2) is 19.9 Å². The maximum absolute atomic E-state index is 12.7. The van der Waals surface area contributed by atoms with Crippen LogP contribution in [0.5, 0.6) is 0 Å². The molecule has 2 aromatic rings. The summed E-state index contributed by atoms with van der Waals surface area (Å²) < 4.78 is 28.0. The zero-order valence-electron chi connectivity index (χ0n) is 13.7. The summed E-state index contributed by atoms with van der Waals surface area (Å²) in [7, 11) is -3.96. The molecule has 1 aliphatic carbocycles. The number of rotatable bonds is 6. The Morgan fingerprint density at radius 3 is 2.24 bits per heavy atom. The number of para-hydroxylation sites is 1. The Morgan fingerprint density at radius 1 is 1.00 bits per heavy atom. The number of nitro benzene ring substituents is 1. The van der Waals surface area contributed by atoms with E-state index in [2.05, 4.69) is 4.72 Å². The minimum Gasteiger partial charge on any atom is -0.258 e. The molecule has 7 heteroatoms. The Morgan fingerprint density at radius 2 is 1.60 bits per heavy atom. The first-order valence-electron chi connectivity index (χ1n) is 8.23. The van der Waals surface area contributed by atoms with Crippen molar-refractivity contribution >= 4 is 15.7 Å². The lowest BCUT2D eigenvalue weighted by Gasteiger charge is -2.30. The molecule has 132 valence electrons. The van der Waals surface area contributed by atoms with E-state index in [-0.39, 0.29) is 16.9 Å². The Bertz CT molecular complexity index is 860. The average molecular weight is 360 g/mol. The Labute approximate surface area is 147 Å². The summed E-state index contributed by atoms with van der Waals surface area (Å²) in [5.74, 6) is 0. The maximum atomic E-state index is 12.7. The van der Waals surface area contributed by atoms with Crippen LogP contribution in [0.1, 0.15) is 31.2 Å². The smallest absolute Gasteiger partial charge is 0.258 e. The van der Waals surface area contributed by atoms with Gasteiger partial charge in [0.1, 0.15) is 0 Å². The van der Waals surface area contributed by atoms with Crippen LogP contribution < -0.4 is 4.72 Å². The molecule has 6 nitrogen and oxygen atoms in total. The molecule has 1 aliphatic rings. The van der Waals surface area contributed by atoms with Gasteiger partial charge in [0.15, 0.2) is 4.90 Å². The van der Waals surface area contributed by atoms with Crippen LogP contribution in [0.25, 0.3) is 0 Å². The molecule has 1 N–H and O–H groups in total.